The van der Waals surface area contributed by atoms with Gasteiger partial charge in [-0.25, -0.2) is 0 Å². The van der Waals surface area contributed by atoms with Crippen molar-refractivity contribution < 1.29 is 9.90 Å². The molecular formula is C7H6O2. The predicted octanol–water partition coefficient (Wildman–Crippen LogP) is 1.20. The molecule has 0 unspecified atom stereocenters. The first kappa shape index (κ1) is 5.82. The van der Waals surface area contributed by atoms with E-state index in [1.165, 1.54) is 12.1 Å². The van der Waals surface area contributed by atoms with Gasteiger partial charge in [-0.05, 0) is 24.3 Å². The molecule has 0 bridgehead atoms. The summed E-state index contributed by atoms with van der Waals surface area (Å²) in [5.41, 5.74) is 0.577. The lowest BCUT2D eigenvalue weighted by Crippen LogP contribution is -1.74. The minimum atomic E-state index is 0.181. The highest BCUT2D eigenvalue weighted by Crippen LogP contribution is 2.07. The van der Waals surface area contributed by atoms with E-state index in [2.05, 4.69) is 0 Å². The Kier molecular flexibility index (Phi) is 1.49. The van der Waals surface area contributed by atoms with Crippen LogP contribution in [0.15, 0.2) is 24.3 Å². The first-order chi connectivity index (χ1) is 4.33. The van der Waals surface area contributed by atoms with Crippen LogP contribution in [-0.4, -0.2) is 11.4 Å². The van der Waals surface area contributed by atoms with Crippen molar-refractivity contribution in [3.63, 3.8) is 0 Å². The highest BCUT2D eigenvalue weighted by molar-refractivity contribution is 5.74. The number of rotatable bonds is 1. The zero-order valence-corrected chi connectivity index (χ0v) is 4.74. The number of aromatic hydroxyl groups is 1. The van der Waals surface area contributed by atoms with E-state index in [-0.39, 0.29) is 5.75 Å². The molecule has 0 aromatic heterocycles. The summed E-state index contributed by atoms with van der Waals surface area (Å²) in [6.45, 7) is 0. The number of carbonyl (C=O) groups is 1. The van der Waals surface area contributed by atoms with Gasteiger partial charge in [0.2, 0.25) is 0 Å². The second kappa shape index (κ2) is 2.31. The van der Waals surface area contributed by atoms with Crippen LogP contribution in [0.25, 0.3) is 0 Å². The van der Waals surface area contributed by atoms with Crippen LogP contribution in [0.2, 0.25) is 0 Å². The van der Waals surface area contributed by atoms with Crippen molar-refractivity contribution in [1.29, 1.82) is 0 Å². The summed E-state index contributed by atoms with van der Waals surface area (Å²) in [5, 5.41) is 8.74. The Morgan fingerprint density at radius 3 is 2.22 bits per heavy atom. The average molecular weight is 123 g/mol. The molecule has 0 spiro atoms. The molecule has 1 N–H and O–H groups in total. The lowest BCUT2D eigenvalue weighted by atomic mass is 10.4. The van der Waals surface area contributed by atoms with Gasteiger partial charge < -0.3 is 5.11 Å². The van der Waals surface area contributed by atoms with Gasteiger partial charge in [0.25, 0.3) is 0 Å². The number of aldehydes is 1. The van der Waals surface area contributed by atoms with E-state index >= 15 is 0 Å². The first-order valence-electron chi connectivity index (χ1n) is 2.57. The van der Waals surface area contributed by atoms with Gasteiger partial charge in [0.05, 0.1) is 0 Å². The number of carbonyl (C=O) groups excluding carboxylic acids is 1. The molecule has 1 rings (SSSR count). The molecule has 9 heavy (non-hydrogen) atoms. The van der Waals surface area contributed by atoms with Crippen LogP contribution in [0, 0.1) is 0 Å². The Labute approximate surface area is 52.8 Å². The van der Waals surface area contributed by atoms with Crippen molar-refractivity contribution in [2.75, 3.05) is 0 Å². The second-order valence-corrected chi connectivity index (χ2v) is 1.71. The lowest BCUT2D eigenvalue weighted by molar-refractivity contribution is 0.112. The van der Waals surface area contributed by atoms with E-state index in [1.807, 2.05) is 0 Å². The van der Waals surface area contributed by atoms with Crippen LogP contribution in [0.3, 0.4) is 0 Å². The van der Waals surface area contributed by atoms with Crippen molar-refractivity contribution >= 4 is 6.29 Å². The number of hydrogen-bond acceptors (Lipinski definition) is 2. The van der Waals surface area contributed by atoms with Gasteiger partial charge in [-0.2, -0.15) is 0 Å². The van der Waals surface area contributed by atoms with Crippen LogP contribution in [-0.2, 0) is 0 Å². The van der Waals surface area contributed by atoms with E-state index < -0.39 is 0 Å². The third-order valence-corrected chi connectivity index (χ3v) is 1.03. The van der Waals surface area contributed by atoms with Gasteiger partial charge in [0, 0.05) is 5.56 Å². The molecule has 0 aliphatic heterocycles. The van der Waals surface area contributed by atoms with Crippen LogP contribution >= 0.6 is 0 Å². The summed E-state index contributed by atoms with van der Waals surface area (Å²) in [6, 6.07) is 6.07. The first-order valence-corrected chi connectivity index (χ1v) is 2.57. The number of hydrogen-bond donors (Lipinski definition) is 1. The molecule has 2 nitrogen and oxygen atoms in total. The van der Waals surface area contributed by atoms with E-state index in [0.717, 1.165) is 6.29 Å². The standard InChI is InChI=1S/C7H6O2/c8-5-6-1-3-7(9)4-2-6/h1-5,9H/i6+1. The monoisotopic (exact) mass is 123 g/mol. The molecule has 0 fully saturated rings. The molecule has 0 saturated heterocycles. The molecule has 2 heteroatoms. The Hall–Kier alpha value is -1.31. The Balaban J connectivity index is 3.01. The smallest absolute Gasteiger partial charge is 0.150 e. The van der Waals surface area contributed by atoms with Crippen molar-refractivity contribution in [2.45, 2.75) is 0 Å². The predicted molar refractivity (Wildman–Crippen MR) is 33.5 cm³/mol. The summed E-state index contributed by atoms with van der Waals surface area (Å²) < 4.78 is 0. The van der Waals surface area contributed by atoms with Gasteiger partial charge in [-0.1, -0.05) is 0 Å². The molecule has 0 heterocycles. The molecule has 46 valence electrons. The largest absolute Gasteiger partial charge is 0.508 e. The molecule has 0 saturated carbocycles. The van der Waals surface area contributed by atoms with Crippen LogP contribution in [0.5, 0.6) is 5.75 Å². The molecule has 0 aliphatic carbocycles. The maximum Gasteiger partial charge on any atom is 0.150 e. The normalized spacial score (nSPS) is 8.89. The van der Waals surface area contributed by atoms with Gasteiger partial charge in [0.1, 0.15) is 12.0 Å². The summed E-state index contributed by atoms with van der Waals surface area (Å²) in [5.74, 6) is 0.181. The third kappa shape index (κ3) is 1.29. The highest BCUT2D eigenvalue weighted by atomic mass is 16.3. The third-order valence-electron chi connectivity index (χ3n) is 1.03. The van der Waals surface area contributed by atoms with Crippen LogP contribution in [0.4, 0.5) is 0 Å². The Bertz CT molecular complexity index is 201. The second-order valence-electron chi connectivity index (χ2n) is 1.71. The fourth-order valence-corrected chi connectivity index (χ4v) is 0.553. The molecule has 0 amide bonds. The lowest BCUT2D eigenvalue weighted by Gasteiger charge is -1.88. The van der Waals surface area contributed by atoms with E-state index in [1.54, 1.807) is 12.1 Å². The van der Waals surface area contributed by atoms with Crippen molar-refractivity contribution in [3.8, 4) is 5.75 Å². The van der Waals surface area contributed by atoms with Crippen molar-refractivity contribution in [2.24, 2.45) is 0 Å². The van der Waals surface area contributed by atoms with E-state index in [0.29, 0.717) is 5.56 Å². The zero-order chi connectivity index (χ0) is 6.69. The zero-order valence-electron chi connectivity index (χ0n) is 4.74. The summed E-state index contributed by atoms with van der Waals surface area (Å²) in [7, 11) is 0. The van der Waals surface area contributed by atoms with E-state index in [9.17, 15) is 4.79 Å². The number of phenols is 1. The van der Waals surface area contributed by atoms with Crippen LogP contribution < -0.4 is 0 Å². The minimum Gasteiger partial charge on any atom is -0.508 e. The number of phenolic OH excluding ortho intramolecular Hbond substituents is 1. The maximum absolute atomic E-state index is 10.0. The summed E-state index contributed by atoms with van der Waals surface area (Å²) in [4.78, 5) is 10.0. The molecule has 0 aliphatic rings. The molecule has 0 atom stereocenters. The fourth-order valence-electron chi connectivity index (χ4n) is 0.553. The van der Waals surface area contributed by atoms with Gasteiger partial charge in [-0.15, -0.1) is 0 Å². The molecule has 0 radical (unpaired) electrons. The summed E-state index contributed by atoms with van der Waals surface area (Å²) in [6.07, 6.45) is 0.736. The van der Waals surface area contributed by atoms with Crippen molar-refractivity contribution in [3.05, 3.63) is 29.8 Å². The fraction of sp³-hybridized carbons (Fsp3) is 0. The van der Waals surface area contributed by atoms with Crippen molar-refractivity contribution in [1.82, 2.24) is 0 Å². The Morgan fingerprint density at radius 1 is 1.22 bits per heavy atom. The topological polar surface area (TPSA) is 37.3 Å². The molecule has 1 aromatic rings. The average Bonchev–Trinajstić information content (AvgIpc) is 1.90. The molecule has 1 aromatic carbocycles. The van der Waals surface area contributed by atoms with Gasteiger partial charge >= 0.3 is 0 Å². The van der Waals surface area contributed by atoms with Gasteiger partial charge in [0.15, 0.2) is 0 Å². The maximum atomic E-state index is 10.0. The van der Waals surface area contributed by atoms with Crippen LogP contribution in [0.1, 0.15) is 10.4 Å². The van der Waals surface area contributed by atoms with E-state index in [4.69, 9.17) is 5.11 Å². The highest BCUT2D eigenvalue weighted by Gasteiger charge is 1.86. The van der Waals surface area contributed by atoms with Gasteiger partial charge in [-0.3, -0.25) is 4.79 Å². The minimum absolute atomic E-state index is 0.181. The summed E-state index contributed by atoms with van der Waals surface area (Å²) >= 11 is 0. The SMILES string of the molecule is O=C[13c]1ccc(O)cc1. The quantitative estimate of drug-likeness (QED) is 0.570. The molecular weight excluding hydrogens is 117 g/mol. The number of benzene rings is 1. The Morgan fingerprint density at radius 2 is 1.78 bits per heavy atom.